The number of ether oxygens (including phenoxy) is 4. The SMILES string of the molecule is COc1ncnc(OC)c1-n1c(NS(=O)(=O)[C@@H](C)[C@H](OC)c2ncc(Cl)cn2)nnc1[C@H]1CCCO1. The van der Waals surface area contributed by atoms with Gasteiger partial charge in [0.2, 0.25) is 27.7 Å². The van der Waals surface area contributed by atoms with Gasteiger partial charge in [-0.05, 0) is 19.8 Å². The molecule has 4 rings (SSSR count). The molecule has 0 unspecified atom stereocenters. The lowest BCUT2D eigenvalue weighted by molar-refractivity contribution is 0.0950. The van der Waals surface area contributed by atoms with Crippen molar-refractivity contribution < 1.29 is 27.4 Å². The van der Waals surface area contributed by atoms with Gasteiger partial charge in [0, 0.05) is 26.1 Å². The second-order valence-electron chi connectivity index (χ2n) is 7.73. The van der Waals surface area contributed by atoms with Crippen LogP contribution in [0.25, 0.3) is 5.69 Å². The zero-order chi connectivity index (χ0) is 25.9. The number of sulfonamides is 1. The van der Waals surface area contributed by atoms with E-state index in [0.717, 1.165) is 6.42 Å². The molecule has 0 radical (unpaired) electrons. The molecule has 3 aromatic rings. The van der Waals surface area contributed by atoms with Crippen molar-refractivity contribution in [3.63, 3.8) is 0 Å². The van der Waals surface area contributed by atoms with Crippen LogP contribution < -0.4 is 14.2 Å². The van der Waals surface area contributed by atoms with E-state index >= 15 is 0 Å². The molecule has 4 heterocycles. The van der Waals surface area contributed by atoms with Crippen LogP contribution in [0.15, 0.2) is 18.7 Å². The van der Waals surface area contributed by atoms with Crippen LogP contribution in [-0.2, 0) is 19.5 Å². The molecule has 3 atom stereocenters. The predicted molar refractivity (Wildman–Crippen MR) is 127 cm³/mol. The van der Waals surface area contributed by atoms with Crippen LogP contribution in [0.5, 0.6) is 11.8 Å². The maximum atomic E-state index is 13.5. The Balaban J connectivity index is 1.77. The van der Waals surface area contributed by atoms with Crippen molar-refractivity contribution >= 4 is 27.6 Å². The van der Waals surface area contributed by atoms with Crippen LogP contribution in [0.4, 0.5) is 5.95 Å². The molecule has 1 aliphatic heterocycles. The van der Waals surface area contributed by atoms with Gasteiger partial charge in [-0.2, -0.15) is 9.97 Å². The Morgan fingerprint density at radius 3 is 2.33 bits per heavy atom. The van der Waals surface area contributed by atoms with Gasteiger partial charge in [0.25, 0.3) is 0 Å². The highest BCUT2D eigenvalue weighted by atomic mass is 35.5. The van der Waals surface area contributed by atoms with Crippen molar-refractivity contribution in [1.29, 1.82) is 0 Å². The van der Waals surface area contributed by atoms with E-state index in [1.54, 1.807) is 0 Å². The third-order valence-corrected chi connectivity index (χ3v) is 7.46. The maximum absolute atomic E-state index is 13.5. The second-order valence-corrected chi connectivity index (χ2v) is 10.2. The number of nitrogens with one attached hydrogen (secondary N) is 1. The minimum atomic E-state index is -4.14. The third-order valence-electron chi connectivity index (χ3n) is 5.57. The number of halogens is 1. The van der Waals surface area contributed by atoms with Crippen LogP contribution in [0, 0.1) is 0 Å². The first-order valence-electron chi connectivity index (χ1n) is 10.8. The number of anilines is 1. The van der Waals surface area contributed by atoms with E-state index in [9.17, 15) is 8.42 Å². The number of aromatic nitrogens is 7. The molecule has 0 spiro atoms. The molecule has 3 aromatic heterocycles. The largest absolute Gasteiger partial charge is 0.479 e. The van der Waals surface area contributed by atoms with Crippen LogP contribution in [0.2, 0.25) is 5.02 Å². The quantitative estimate of drug-likeness (QED) is 0.397. The van der Waals surface area contributed by atoms with Gasteiger partial charge < -0.3 is 18.9 Å². The highest BCUT2D eigenvalue weighted by Crippen LogP contribution is 2.37. The summed E-state index contributed by atoms with van der Waals surface area (Å²) in [5.41, 5.74) is 0.215. The maximum Gasteiger partial charge on any atom is 0.245 e. The first-order valence-corrected chi connectivity index (χ1v) is 12.7. The first kappa shape index (κ1) is 25.9. The summed E-state index contributed by atoms with van der Waals surface area (Å²) in [5.74, 6) is 0.609. The summed E-state index contributed by atoms with van der Waals surface area (Å²) in [7, 11) is 0.0659. The molecule has 0 amide bonds. The lowest BCUT2D eigenvalue weighted by Crippen LogP contribution is -2.33. The topological polar surface area (TPSA) is 165 Å². The van der Waals surface area contributed by atoms with E-state index in [1.807, 2.05) is 0 Å². The summed E-state index contributed by atoms with van der Waals surface area (Å²) in [6.07, 6.45) is 4.03. The summed E-state index contributed by atoms with van der Waals surface area (Å²) in [4.78, 5) is 16.5. The van der Waals surface area contributed by atoms with E-state index in [-0.39, 0.29) is 29.2 Å². The molecular weight excluding hydrogens is 516 g/mol. The zero-order valence-electron chi connectivity index (χ0n) is 20.0. The molecule has 0 aromatic carbocycles. The van der Waals surface area contributed by atoms with Gasteiger partial charge in [-0.3, -0.25) is 9.29 Å². The van der Waals surface area contributed by atoms with Gasteiger partial charge in [-0.15, -0.1) is 10.2 Å². The van der Waals surface area contributed by atoms with E-state index in [4.69, 9.17) is 30.5 Å². The molecule has 0 aliphatic carbocycles. The van der Waals surface area contributed by atoms with Crippen LogP contribution in [0.3, 0.4) is 0 Å². The summed E-state index contributed by atoms with van der Waals surface area (Å²) >= 11 is 5.86. The Bertz CT molecular complexity index is 1280. The molecule has 16 heteroatoms. The Kier molecular flexibility index (Phi) is 7.82. The summed E-state index contributed by atoms with van der Waals surface area (Å²) < 4.78 is 52.9. The fourth-order valence-electron chi connectivity index (χ4n) is 3.77. The Morgan fingerprint density at radius 2 is 1.78 bits per heavy atom. The molecule has 36 heavy (non-hydrogen) atoms. The van der Waals surface area contributed by atoms with E-state index in [2.05, 4.69) is 34.9 Å². The van der Waals surface area contributed by atoms with Crippen molar-refractivity contribution in [2.24, 2.45) is 0 Å². The average Bonchev–Trinajstić information content (AvgIpc) is 3.54. The smallest absolute Gasteiger partial charge is 0.245 e. The molecule has 14 nitrogen and oxygen atoms in total. The molecule has 1 saturated heterocycles. The van der Waals surface area contributed by atoms with Crippen molar-refractivity contribution in [1.82, 2.24) is 34.7 Å². The summed E-state index contributed by atoms with van der Waals surface area (Å²) in [6.45, 7) is 1.99. The highest BCUT2D eigenvalue weighted by molar-refractivity contribution is 7.93. The van der Waals surface area contributed by atoms with Gasteiger partial charge in [0.15, 0.2) is 17.3 Å². The van der Waals surface area contributed by atoms with Gasteiger partial charge in [-0.25, -0.2) is 18.4 Å². The lowest BCUT2D eigenvalue weighted by Gasteiger charge is -2.22. The van der Waals surface area contributed by atoms with Crippen LogP contribution in [0.1, 0.15) is 43.6 Å². The van der Waals surface area contributed by atoms with Gasteiger partial charge in [-0.1, -0.05) is 11.6 Å². The molecule has 194 valence electrons. The molecule has 0 saturated carbocycles. The van der Waals surface area contributed by atoms with Crippen molar-refractivity contribution in [3.8, 4) is 17.4 Å². The molecular formula is C20H25ClN8O6S. The number of rotatable bonds is 10. The van der Waals surface area contributed by atoms with Gasteiger partial charge >= 0.3 is 0 Å². The minimum Gasteiger partial charge on any atom is -0.479 e. The normalized spacial score (nSPS) is 17.5. The van der Waals surface area contributed by atoms with Crippen molar-refractivity contribution in [2.75, 3.05) is 32.7 Å². The molecule has 0 bridgehead atoms. The average molecular weight is 541 g/mol. The number of nitrogens with zero attached hydrogens (tertiary/aromatic N) is 7. The standard InChI is InChI=1S/C20H25ClN8O6S/c1-11(15(32-2)16-22-8-12(21)9-23-16)36(30,31)28-20-27-26-17(13-6-5-7-35-13)29(20)14-18(33-3)24-10-25-19(14)34-4/h8-11,13,15H,5-7H2,1-4H3,(H,27,28)/t11-,13+,15-/m0/s1. The Hall–Kier alpha value is -3.14. The Labute approximate surface area is 212 Å². The van der Waals surface area contributed by atoms with E-state index in [1.165, 1.54) is 51.5 Å². The van der Waals surface area contributed by atoms with Crippen LogP contribution >= 0.6 is 11.6 Å². The number of hydrogen-bond donors (Lipinski definition) is 1. The summed E-state index contributed by atoms with van der Waals surface area (Å²) in [6, 6.07) is 0. The monoisotopic (exact) mass is 540 g/mol. The minimum absolute atomic E-state index is 0.124. The number of methoxy groups -OCH3 is 3. The van der Waals surface area contributed by atoms with Crippen molar-refractivity contribution in [3.05, 3.63) is 35.4 Å². The number of hydrogen-bond acceptors (Lipinski definition) is 12. The van der Waals surface area contributed by atoms with E-state index < -0.39 is 27.5 Å². The molecule has 1 N–H and O–H groups in total. The van der Waals surface area contributed by atoms with Gasteiger partial charge in [0.1, 0.15) is 23.8 Å². The fourth-order valence-corrected chi connectivity index (χ4v) is 5.00. The fraction of sp³-hybridized carbons (Fsp3) is 0.500. The zero-order valence-corrected chi connectivity index (χ0v) is 21.5. The predicted octanol–water partition coefficient (Wildman–Crippen LogP) is 1.89. The third kappa shape index (κ3) is 5.04. The first-order chi connectivity index (χ1) is 17.3. The molecule has 1 fully saturated rings. The van der Waals surface area contributed by atoms with Crippen molar-refractivity contribution in [2.45, 2.75) is 37.2 Å². The second kappa shape index (κ2) is 10.9. The molecule has 1 aliphatic rings. The van der Waals surface area contributed by atoms with Crippen LogP contribution in [-0.4, -0.2) is 76.3 Å². The van der Waals surface area contributed by atoms with Gasteiger partial charge in [0.05, 0.1) is 19.2 Å². The highest BCUT2D eigenvalue weighted by Gasteiger charge is 2.36. The van der Waals surface area contributed by atoms with E-state index in [0.29, 0.717) is 23.9 Å². The summed E-state index contributed by atoms with van der Waals surface area (Å²) in [5, 5.41) is 7.50. The lowest BCUT2D eigenvalue weighted by atomic mass is 10.2. The Morgan fingerprint density at radius 1 is 1.11 bits per heavy atom.